The van der Waals surface area contributed by atoms with E-state index in [-0.39, 0.29) is 5.56 Å². The molecule has 0 unspecified atom stereocenters. The summed E-state index contributed by atoms with van der Waals surface area (Å²) >= 11 is 0. The average Bonchev–Trinajstić information content (AvgIpc) is 2.10. The quantitative estimate of drug-likeness (QED) is 0.725. The van der Waals surface area contributed by atoms with Crippen LogP contribution in [-0.4, -0.2) is 24.1 Å². The Balaban J connectivity index is 3.25. The third-order valence-corrected chi connectivity index (χ3v) is 1.98. The number of anilines is 1. The number of H-pyrrole nitrogens is 1. The van der Waals surface area contributed by atoms with Crippen LogP contribution in [0.1, 0.15) is 11.3 Å². The summed E-state index contributed by atoms with van der Waals surface area (Å²) in [5, 5.41) is 0. The Labute approximate surface area is 83.3 Å². The molecule has 0 saturated carbocycles. The Morgan fingerprint density at radius 2 is 2.21 bits per heavy atom. The van der Waals surface area contributed by atoms with Crippen LogP contribution in [0.25, 0.3) is 0 Å². The lowest BCUT2D eigenvalue weighted by Crippen LogP contribution is -2.22. The van der Waals surface area contributed by atoms with Crippen LogP contribution >= 0.6 is 0 Å². The fourth-order valence-electron chi connectivity index (χ4n) is 1.19. The number of hydrogen-bond acceptors (Lipinski definition) is 3. The first-order valence-corrected chi connectivity index (χ1v) is 4.44. The first kappa shape index (κ1) is 10.5. The molecule has 14 heavy (non-hydrogen) atoms. The molecule has 4 nitrogen and oxygen atoms in total. The summed E-state index contributed by atoms with van der Waals surface area (Å²) < 4.78 is 0. The van der Waals surface area contributed by atoms with E-state index in [2.05, 4.69) is 16.5 Å². The van der Waals surface area contributed by atoms with E-state index in [4.69, 9.17) is 0 Å². The maximum atomic E-state index is 11.6. The molecule has 1 aromatic heterocycles. The van der Waals surface area contributed by atoms with E-state index in [9.17, 15) is 4.79 Å². The van der Waals surface area contributed by atoms with Crippen molar-refractivity contribution in [2.75, 3.05) is 19.0 Å². The minimum absolute atomic E-state index is 0.0823. The van der Waals surface area contributed by atoms with Crippen LogP contribution in [-0.2, 0) is 6.42 Å². The van der Waals surface area contributed by atoms with E-state index in [1.165, 1.54) is 0 Å². The molecular weight excluding hydrogens is 178 g/mol. The van der Waals surface area contributed by atoms with Crippen LogP contribution in [0.15, 0.2) is 17.4 Å². The number of allylic oxidation sites excluding steroid dienone is 1. The summed E-state index contributed by atoms with van der Waals surface area (Å²) in [6.07, 6.45) is 2.26. The van der Waals surface area contributed by atoms with Gasteiger partial charge in [-0.1, -0.05) is 6.08 Å². The van der Waals surface area contributed by atoms with Gasteiger partial charge in [0.1, 0.15) is 0 Å². The highest BCUT2D eigenvalue weighted by Gasteiger charge is 2.07. The van der Waals surface area contributed by atoms with Crippen molar-refractivity contribution in [3.05, 3.63) is 34.3 Å². The summed E-state index contributed by atoms with van der Waals surface area (Å²) in [5.74, 6) is 0.584. The lowest BCUT2D eigenvalue weighted by Gasteiger charge is -2.12. The van der Waals surface area contributed by atoms with Crippen molar-refractivity contribution in [3.63, 3.8) is 0 Å². The van der Waals surface area contributed by atoms with Crippen molar-refractivity contribution in [1.29, 1.82) is 0 Å². The van der Waals surface area contributed by atoms with Gasteiger partial charge in [-0.15, -0.1) is 6.58 Å². The highest BCUT2D eigenvalue weighted by Crippen LogP contribution is 2.05. The molecule has 0 fully saturated rings. The van der Waals surface area contributed by atoms with Gasteiger partial charge in [0.05, 0.1) is 5.69 Å². The number of aromatic amines is 1. The lowest BCUT2D eigenvalue weighted by atomic mass is 10.2. The van der Waals surface area contributed by atoms with Crippen molar-refractivity contribution in [3.8, 4) is 0 Å². The first-order chi connectivity index (χ1) is 6.56. The van der Waals surface area contributed by atoms with E-state index < -0.39 is 0 Å². The second-order valence-corrected chi connectivity index (χ2v) is 3.34. The zero-order valence-corrected chi connectivity index (χ0v) is 8.79. The molecule has 0 radical (unpaired) electrons. The van der Waals surface area contributed by atoms with Gasteiger partial charge in [0, 0.05) is 19.7 Å². The summed E-state index contributed by atoms with van der Waals surface area (Å²) in [6, 6.07) is 0. The fourth-order valence-corrected chi connectivity index (χ4v) is 1.19. The van der Waals surface area contributed by atoms with Gasteiger partial charge in [-0.2, -0.15) is 0 Å². The van der Waals surface area contributed by atoms with Gasteiger partial charge in [0.2, 0.25) is 5.95 Å². The molecule has 1 heterocycles. The molecule has 0 aliphatic rings. The van der Waals surface area contributed by atoms with Gasteiger partial charge in [0.25, 0.3) is 5.56 Å². The van der Waals surface area contributed by atoms with Crippen LogP contribution < -0.4 is 10.5 Å². The molecule has 1 rings (SSSR count). The van der Waals surface area contributed by atoms with Crippen molar-refractivity contribution in [2.24, 2.45) is 0 Å². The molecule has 0 aromatic carbocycles. The summed E-state index contributed by atoms with van der Waals surface area (Å²) in [6.45, 7) is 5.44. The maximum Gasteiger partial charge on any atom is 0.256 e. The van der Waals surface area contributed by atoms with Crippen molar-refractivity contribution in [2.45, 2.75) is 13.3 Å². The molecule has 0 amide bonds. The molecule has 0 spiro atoms. The Hall–Kier alpha value is -1.58. The van der Waals surface area contributed by atoms with E-state index in [0.29, 0.717) is 17.9 Å². The van der Waals surface area contributed by atoms with Crippen molar-refractivity contribution in [1.82, 2.24) is 9.97 Å². The second kappa shape index (κ2) is 4.09. The Morgan fingerprint density at radius 1 is 1.57 bits per heavy atom. The van der Waals surface area contributed by atoms with Crippen LogP contribution in [0, 0.1) is 6.92 Å². The van der Waals surface area contributed by atoms with Crippen LogP contribution in [0.5, 0.6) is 0 Å². The molecule has 1 aromatic rings. The molecular formula is C10H15N3O. The van der Waals surface area contributed by atoms with E-state index in [1.54, 1.807) is 11.0 Å². The molecule has 0 saturated heterocycles. The predicted molar refractivity (Wildman–Crippen MR) is 57.8 cm³/mol. The SMILES string of the molecule is C=CCc1c(C)nc(N(C)C)[nH]c1=O. The molecule has 1 N–H and O–H groups in total. The van der Waals surface area contributed by atoms with Gasteiger partial charge in [-0.3, -0.25) is 9.78 Å². The molecule has 0 atom stereocenters. The Kier molecular flexibility index (Phi) is 3.06. The van der Waals surface area contributed by atoms with Crippen molar-refractivity contribution < 1.29 is 0 Å². The zero-order valence-electron chi connectivity index (χ0n) is 8.79. The maximum absolute atomic E-state index is 11.6. The Bertz CT molecular complexity index is 393. The number of aryl methyl sites for hydroxylation is 1. The number of rotatable bonds is 3. The topological polar surface area (TPSA) is 49.0 Å². The van der Waals surface area contributed by atoms with Crippen LogP contribution in [0.3, 0.4) is 0 Å². The first-order valence-electron chi connectivity index (χ1n) is 4.44. The fraction of sp³-hybridized carbons (Fsp3) is 0.400. The standard InChI is InChI=1S/C10H15N3O/c1-5-6-8-7(2)11-10(13(3)4)12-9(8)14/h5H,1,6H2,2-4H3,(H,11,12,14). The van der Waals surface area contributed by atoms with Crippen LogP contribution in [0.4, 0.5) is 5.95 Å². The van der Waals surface area contributed by atoms with Gasteiger partial charge >= 0.3 is 0 Å². The molecule has 0 aliphatic carbocycles. The number of nitrogens with zero attached hydrogens (tertiary/aromatic N) is 2. The normalized spacial score (nSPS) is 9.93. The van der Waals surface area contributed by atoms with Gasteiger partial charge < -0.3 is 4.90 Å². The number of hydrogen-bond donors (Lipinski definition) is 1. The smallest absolute Gasteiger partial charge is 0.256 e. The Morgan fingerprint density at radius 3 is 2.64 bits per heavy atom. The lowest BCUT2D eigenvalue weighted by molar-refractivity contribution is 0.928. The largest absolute Gasteiger partial charge is 0.348 e. The second-order valence-electron chi connectivity index (χ2n) is 3.34. The van der Waals surface area contributed by atoms with Gasteiger partial charge in [0.15, 0.2) is 0 Å². The summed E-state index contributed by atoms with van der Waals surface area (Å²) in [7, 11) is 3.68. The summed E-state index contributed by atoms with van der Waals surface area (Å²) in [5.41, 5.74) is 1.36. The number of nitrogens with one attached hydrogen (secondary N) is 1. The van der Waals surface area contributed by atoms with E-state index in [1.807, 2.05) is 21.0 Å². The monoisotopic (exact) mass is 193 g/mol. The molecule has 0 bridgehead atoms. The average molecular weight is 193 g/mol. The molecule has 0 aliphatic heterocycles. The van der Waals surface area contributed by atoms with Gasteiger partial charge in [-0.25, -0.2) is 4.98 Å². The van der Waals surface area contributed by atoms with Gasteiger partial charge in [-0.05, 0) is 13.3 Å². The number of aromatic nitrogens is 2. The minimum Gasteiger partial charge on any atom is -0.348 e. The summed E-state index contributed by atoms with van der Waals surface area (Å²) in [4.78, 5) is 20.3. The zero-order chi connectivity index (χ0) is 10.7. The van der Waals surface area contributed by atoms with E-state index in [0.717, 1.165) is 5.69 Å². The third-order valence-electron chi connectivity index (χ3n) is 1.98. The van der Waals surface area contributed by atoms with Crippen molar-refractivity contribution >= 4 is 5.95 Å². The minimum atomic E-state index is -0.0823. The highest BCUT2D eigenvalue weighted by molar-refractivity contribution is 5.31. The van der Waals surface area contributed by atoms with E-state index >= 15 is 0 Å². The highest BCUT2D eigenvalue weighted by atomic mass is 16.1. The predicted octanol–water partition coefficient (Wildman–Crippen LogP) is 0.873. The molecule has 4 heteroatoms. The molecule has 76 valence electrons. The van der Waals surface area contributed by atoms with Crippen LogP contribution in [0.2, 0.25) is 0 Å². The third kappa shape index (κ3) is 2.02.